The molecule has 23 heavy (non-hydrogen) atoms. The van der Waals surface area contributed by atoms with Gasteiger partial charge in [-0.1, -0.05) is 26.0 Å². The summed E-state index contributed by atoms with van der Waals surface area (Å²) in [5, 5.41) is 12.0. The number of carbonyl (C=O) groups excluding carboxylic acids is 1. The predicted octanol–water partition coefficient (Wildman–Crippen LogP) is 4.00. The fraction of sp³-hybridized carbons (Fsp3) is 0.389. The number of hydrogen-bond donors (Lipinski definition) is 2. The van der Waals surface area contributed by atoms with Gasteiger partial charge in [0.1, 0.15) is 5.82 Å². The third-order valence-electron chi connectivity index (χ3n) is 3.81. The molecule has 124 valence electrons. The summed E-state index contributed by atoms with van der Waals surface area (Å²) in [5.74, 6) is -0.386. The summed E-state index contributed by atoms with van der Waals surface area (Å²) in [5.41, 5.74) is 1.71. The Kier molecular flexibility index (Phi) is 5.55. The predicted molar refractivity (Wildman–Crippen MR) is 92.3 cm³/mol. The van der Waals surface area contributed by atoms with Crippen LogP contribution in [0.15, 0.2) is 30.3 Å². The first-order chi connectivity index (χ1) is 10.8. The van der Waals surface area contributed by atoms with E-state index < -0.39 is 0 Å². The van der Waals surface area contributed by atoms with E-state index in [0.717, 1.165) is 16.0 Å². The molecule has 0 unspecified atom stereocenters. The molecule has 0 aliphatic heterocycles. The van der Waals surface area contributed by atoms with Gasteiger partial charge in [0.15, 0.2) is 0 Å². The summed E-state index contributed by atoms with van der Waals surface area (Å²) in [6.07, 6.45) is 0.636. The standard InChI is InChI=1S/C18H22FNO2S/c1-12-15(13-4-6-14(19)7-5-13)10-16(23-12)17(22)20-11-18(2,3)8-9-21/h4-7,10,21H,8-9,11H2,1-3H3,(H,20,22). The minimum atomic E-state index is -0.272. The van der Waals surface area contributed by atoms with Gasteiger partial charge >= 0.3 is 0 Å². The lowest BCUT2D eigenvalue weighted by molar-refractivity contribution is 0.0932. The van der Waals surface area contributed by atoms with Gasteiger partial charge in [-0.15, -0.1) is 11.3 Å². The molecule has 0 saturated heterocycles. The summed E-state index contributed by atoms with van der Waals surface area (Å²) in [7, 11) is 0. The van der Waals surface area contributed by atoms with Crippen molar-refractivity contribution in [2.24, 2.45) is 5.41 Å². The molecule has 2 rings (SSSR count). The van der Waals surface area contributed by atoms with Crippen LogP contribution in [-0.4, -0.2) is 24.2 Å². The first-order valence-corrected chi connectivity index (χ1v) is 8.39. The van der Waals surface area contributed by atoms with Crippen LogP contribution in [0.2, 0.25) is 0 Å². The Morgan fingerprint density at radius 1 is 1.30 bits per heavy atom. The number of amides is 1. The first kappa shape index (κ1) is 17.6. The van der Waals surface area contributed by atoms with Gasteiger partial charge < -0.3 is 10.4 Å². The maximum absolute atomic E-state index is 13.0. The zero-order valence-corrected chi connectivity index (χ0v) is 14.5. The Morgan fingerprint density at radius 2 is 1.96 bits per heavy atom. The lowest BCUT2D eigenvalue weighted by Crippen LogP contribution is -2.34. The summed E-state index contributed by atoms with van der Waals surface area (Å²) in [6, 6.07) is 8.13. The van der Waals surface area contributed by atoms with E-state index in [1.54, 1.807) is 12.1 Å². The quantitative estimate of drug-likeness (QED) is 0.838. The number of carbonyl (C=O) groups is 1. The van der Waals surface area contributed by atoms with Crippen molar-refractivity contribution in [2.75, 3.05) is 13.2 Å². The van der Waals surface area contributed by atoms with Gasteiger partial charge in [0.25, 0.3) is 5.91 Å². The van der Waals surface area contributed by atoms with Crippen LogP contribution in [0.4, 0.5) is 4.39 Å². The Hall–Kier alpha value is -1.72. The van der Waals surface area contributed by atoms with E-state index >= 15 is 0 Å². The summed E-state index contributed by atoms with van der Waals surface area (Å²) in [6.45, 7) is 6.58. The minimum absolute atomic E-state index is 0.107. The molecule has 0 aliphatic rings. The molecule has 0 fully saturated rings. The highest BCUT2D eigenvalue weighted by Crippen LogP contribution is 2.31. The third-order valence-corrected chi connectivity index (χ3v) is 4.86. The largest absolute Gasteiger partial charge is 0.396 e. The second-order valence-corrected chi connectivity index (χ2v) is 7.66. The van der Waals surface area contributed by atoms with Crippen LogP contribution in [-0.2, 0) is 0 Å². The molecule has 0 spiro atoms. The zero-order chi connectivity index (χ0) is 17.0. The summed E-state index contributed by atoms with van der Waals surface area (Å²) >= 11 is 1.43. The number of rotatable bonds is 6. The number of benzene rings is 1. The van der Waals surface area contributed by atoms with Crippen molar-refractivity contribution in [3.8, 4) is 11.1 Å². The third kappa shape index (κ3) is 4.62. The molecule has 2 aromatic rings. The molecule has 0 atom stereocenters. The van der Waals surface area contributed by atoms with Gasteiger partial charge in [0.05, 0.1) is 4.88 Å². The van der Waals surface area contributed by atoms with Crippen molar-refractivity contribution >= 4 is 17.2 Å². The summed E-state index contributed by atoms with van der Waals surface area (Å²) in [4.78, 5) is 14.0. The molecular weight excluding hydrogens is 313 g/mol. The zero-order valence-electron chi connectivity index (χ0n) is 13.6. The Bertz CT molecular complexity index is 677. The van der Waals surface area contributed by atoms with Gasteiger partial charge in [0.2, 0.25) is 0 Å². The molecule has 0 bridgehead atoms. The highest BCUT2D eigenvalue weighted by molar-refractivity contribution is 7.14. The number of aliphatic hydroxyl groups is 1. The molecule has 0 radical (unpaired) electrons. The number of nitrogens with one attached hydrogen (secondary N) is 1. The highest BCUT2D eigenvalue weighted by atomic mass is 32.1. The molecule has 0 aliphatic carbocycles. The van der Waals surface area contributed by atoms with Crippen LogP contribution in [0.1, 0.15) is 34.8 Å². The smallest absolute Gasteiger partial charge is 0.261 e. The van der Waals surface area contributed by atoms with E-state index in [1.807, 2.05) is 26.8 Å². The second kappa shape index (κ2) is 7.23. The number of aryl methyl sites for hydroxylation is 1. The van der Waals surface area contributed by atoms with E-state index in [0.29, 0.717) is 17.8 Å². The van der Waals surface area contributed by atoms with E-state index in [4.69, 9.17) is 5.11 Å². The molecule has 3 nitrogen and oxygen atoms in total. The molecule has 1 aromatic carbocycles. The topological polar surface area (TPSA) is 49.3 Å². The Morgan fingerprint density at radius 3 is 2.57 bits per heavy atom. The average Bonchev–Trinajstić information content (AvgIpc) is 2.88. The molecule has 0 saturated carbocycles. The fourth-order valence-corrected chi connectivity index (χ4v) is 3.27. The highest BCUT2D eigenvalue weighted by Gasteiger charge is 2.20. The van der Waals surface area contributed by atoms with Crippen molar-refractivity contribution in [3.63, 3.8) is 0 Å². The average molecular weight is 335 g/mol. The number of thiophene rings is 1. The van der Waals surface area contributed by atoms with Gasteiger partial charge in [-0.05, 0) is 48.1 Å². The maximum Gasteiger partial charge on any atom is 0.261 e. The maximum atomic E-state index is 13.0. The molecule has 2 N–H and O–H groups in total. The molecular formula is C18H22FNO2S. The Balaban J connectivity index is 2.11. The SMILES string of the molecule is Cc1sc(C(=O)NCC(C)(C)CCO)cc1-c1ccc(F)cc1. The van der Waals surface area contributed by atoms with Gasteiger partial charge in [-0.2, -0.15) is 0 Å². The van der Waals surface area contributed by atoms with Crippen molar-refractivity contribution in [3.05, 3.63) is 45.9 Å². The molecule has 5 heteroatoms. The van der Waals surface area contributed by atoms with Crippen LogP contribution in [0.25, 0.3) is 11.1 Å². The normalized spacial score (nSPS) is 11.5. The number of halogens is 1. The lowest BCUT2D eigenvalue weighted by Gasteiger charge is -2.23. The van der Waals surface area contributed by atoms with Crippen molar-refractivity contribution in [1.82, 2.24) is 5.32 Å². The summed E-state index contributed by atoms with van der Waals surface area (Å²) < 4.78 is 13.0. The van der Waals surface area contributed by atoms with Gasteiger partial charge in [-0.25, -0.2) is 4.39 Å². The van der Waals surface area contributed by atoms with Crippen LogP contribution in [0, 0.1) is 18.2 Å². The molecule has 1 amide bonds. The van der Waals surface area contributed by atoms with Crippen LogP contribution in [0.5, 0.6) is 0 Å². The minimum Gasteiger partial charge on any atom is -0.396 e. The van der Waals surface area contributed by atoms with Gasteiger partial charge in [0, 0.05) is 18.0 Å². The fourth-order valence-electron chi connectivity index (χ4n) is 2.31. The van der Waals surface area contributed by atoms with E-state index in [1.165, 1.54) is 23.5 Å². The second-order valence-electron chi connectivity index (χ2n) is 6.41. The lowest BCUT2D eigenvalue weighted by atomic mass is 9.90. The van der Waals surface area contributed by atoms with Crippen molar-refractivity contribution in [2.45, 2.75) is 27.2 Å². The van der Waals surface area contributed by atoms with Gasteiger partial charge in [-0.3, -0.25) is 4.79 Å². The van der Waals surface area contributed by atoms with Crippen molar-refractivity contribution in [1.29, 1.82) is 0 Å². The van der Waals surface area contributed by atoms with Crippen molar-refractivity contribution < 1.29 is 14.3 Å². The first-order valence-electron chi connectivity index (χ1n) is 7.58. The van der Waals surface area contributed by atoms with E-state index in [2.05, 4.69) is 5.32 Å². The van der Waals surface area contributed by atoms with Crippen LogP contribution >= 0.6 is 11.3 Å². The van der Waals surface area contributed by atoms with Crippen LogP contribution < -0.4 is 5.32 Å². The Labute approximate surface area is 140 Å². The van der Waals surface area contributed by atoms with E-state index in [9.17, 15) is 9.18 Å². The van der Waals surface area contributed by atoms with Crippen LogP contribution in [0.3, 0.4) is 0 Å². The number of aliphatic hydroxyl groups excluding tert-OH is 1. The molecule has 1 heterocycles. The molecule has 1 aromatic heterocycles. The number of hydrogen-bond acceptors (Lipinski definition) is 3. The van der Waals surface area contributed by atoms with E-state index in [-0.39, 0.29) is 23.7 Å². The monoisotopic (exact) mass is 335 g/mol.